The van der Waals surface area contributed by atoms with Gasteiger partial charge in [0.05, 0.1) is 13.2 Å². The first-order valence-electron chi connectivity index (χ1n) is 7.04. The summed E-state index contributed by atoms with van der Waals surface area (Å²) in [6.45, 7) is 3.40. The maximum absolute atomic E-state index is 12.3. The first-order chi connectivity index (χ1) is 10.7. The summed E-state index contributed by atoms with van der Waals surface area (Å²) in [6, 6.07) is 5.48. The number of ether oxygens (including phenoxy) is 1. The number of nitrogens with zero attached hydrogens (tertiary/aromatic N) is 1. The van der Waals surface area contributed by atoms with Gasteiger partial charge in [0.25, 0.3) is 0 Å². The number of sulfonamides is 1. The Morgan fingerprint density at radius 3 is 2.73 bits per heavy atom. The van der Waals surface area contributed by atoms with Crippen LogP contribution in [-0.4, -0.2) is 46.2 Å². The molecule has 3 heterocycles. The molecular weight excluding hydrogens is 340 g/mol. The second kappa shape index (κ2) is 7.20. The zero-order valence-corrected chi connectivity index (χ0v) is 14.4. The fourth-order valence-electron chi connectivity index (χ4n) is 2.49. The van der Waals surface area contributed by atoms with E-state index in [1.807, 2.05) is 5.38 Å². The SMILES string of the molecule is O=S(=O)(NC[C@H](c1ccsc1)N1CCOCC1)c1cccs1. The molecule has 2 aromatic heterocycles. The monoisotopic (exact) mass is 358 g/mol. The summed E-state index contributed by atoms with van der Waals surface area (Å²) in [5, 5.41) is 5.88. The summed E-state index contributed by atoms with van der Waals surface area (Å²) < 4.78 is 33.1. The van der Waals surface area contributed by atoms with Crippen LogP contribution < -0.4 is 4.72 Å². The van der Waals surface area contributed by atoms with Crippen molar-refractivity contribution in [2.75, 3.05) is 32.8 Å². The van der Waals surface area contributed by atoms with Crippen LogP contribution in [0.1, 0.15) is 11.6 Å². The number of hydrogen-bond donors (Lipinski definition) is 1. The standard InChI is InChI=1S/C14H18N2O3S3/c17-22(18,14-2-1-8-21-14)15-10-13(12-3-9-20-11-12)16-4-6-19-7-5-16/h1-3,8-9,11,13,15H,4-7,10H2/t13-/m1/s1. The third kappa shape index (κ3) is 3.76. The summed E-state index contributed by atoms with van der Waals surface area (Å²) >= 11 is 2.86. The van der Waals surface area contributed by atoms with Crippen molar-refractivity contribution in [3.63, 3.8) is 0 Å². The third-order valence-electron chi connectivity index (χ3n) is 3.64. The number of rotatable bonds is 6. The summed E-state index contributed by atoms with van der Waals surface area (Å²) in [5.41, 5.74) is 1.15. The van der Waals surface area contributed by atoms with E-state index < -0.39 is 10.0 Å². The van der Waals surface area contributed by atoms with E-state index in [1.165, 1.54) is 11.3 Å². The van der Waals surface area contributed by atoms with Crippen LogP contribution >= 0.6 is 22.7 Å². The normalized spacial score (nSPS) is 18.4. The maximum atomic E-state index is 12.3. The molecule has 0 aromatic carbocycles. The van der Waals surface area contributed by atoms with Gasteiger partial charge in [-0.2, -0.15) is 11.3 Å². The lowest BCUT2D eigenvalue weighted by molar-refractivity contribution is 0.0173. The fourth-order valence-corrected chi connectivity index (χ4v) is 5.27. The molecule has 0 radical (unpaired) electrons. The molecule has 0 bridgehead atoms. The molecule has 5 nitrogen and oxygen atoms in total. The molecule has 3 rings (SSSR count). The van der Waals surface area contributed by atoms with Gasteiger partial charge < -0.3 is 4.74 Å². The van der Waals surface area contributed by atoms with E-state index >= 15 is 0 Å². The fraction of sp³-hybridized carbons (Fsp3) is 0.429. The van der Waals surface area contributed by atoms with Crippen molar-refractivity contribution in [1.29, 1.82) is 0 Å². The Hall–Kier alpha value is -0.770. The van der Waals surface area contributed by atoms with Gasteiger partial charge in [-0.1, -0.05) is 6.07 Å². The summed E-state index contributed by atoms with van der Waals surface area (Å²) in [6.07, 6.45) is 0. The van der Waals surface area contributed by atoms with Crippen molar-refractivity contribution < 1.29 is 13.2 Å². The van der Waals surface area contributed by atoms with E-state index in [1.54, 1.807) is 28.8 Å². The molecule has 1 atom stereocenters. The minimum Gasteiger partial charge on any atom is -0.379 e. The molecule has 0 amide bonds. The van der Waals surface area contributed by atoms with Gasteiger partial charge in [0.15, 0.2) is 0 Å². The predicted molar refractivity (Wildman–Crippen MR) is 89.0 cm³/mol. The van der Waals surface area contributed by atoms with Crippen molar-refractivity contribution in [1.82, 2.24) is 9.62 Å². The molecule has 1 N–H and O–H groups in total. The Labute approximate surface area is 138 Å². The van der Waals surface area contributed by atoms with Crippen molar-refractivity contribution in [2.24, 2.45) is 0 Å². The van der Waals surface area contributed by atoms with Gasteiger partial charge in [-0.3, -0.25) is 4.90 Å². The van der Waals surface area contributed by atoms with Crippen LogP contribution in [0.5, 0.6) is 0 Å². The third-order valence-corrected chi connectivity index (χ3v) is 7.16. The second-order valence-electron chi connectivity index (χ2n) is 5.00. The van der Waals surface area contributed by atoms with Crippen molar-refractivity contribution in [2.45, 2.75) is 10.3 Å². The lowest BCUT2D eigenvalue weighted by atomic mass is 10.1. The van der Waals surface area contributed by atoms with E-state index in [4.69, 9.17) is 4.74 Å². The Kier molecular flexibility index (Phi) is 5.27. The molecule has 1 aliphatic rings. The zero-order valence-electron chi connectivity index (χ0n) is 12.0. The first kappa shape index (κ1) is 16.1. The first-order valence-corrected chi connectivity index (χ1v) is 10.3. The molecule has 120 valence electrons. The average molecular weight is 359 g/mol. The minimum absolute atomic E-state index is 0.0462. The summed E-state index contributed by atoms with van der Waals surface area (Å²) in [4.78, 5) is 2.28. The average Bonchev–Trinajstić information content (AvgIpc) is 3.22. The van der Waals surface area contributed by atoms with Crippen LogP contribution in [0, 0.1) is 0 Å². The highest BCUT2D eigenvalue weighted by atomic mass is 32.2. The van der Waals surface area contributed by atoms with Gasteiger partial charge >= 0.3 is 0 Å². The van der Waals surface area contributed by atoms with E-state index in [2.05, 4.69) is 21.1 Å². The number of thiophene rings is 2. The summed E-state index contributed by atoms with van der Waals surface area (Å²) in [5.74, 6) is 0. The van der Waals surface area contributed by atoms with Crippen molar-refractivity contribution >= 4 is 32.7 Å². The predicted octanol–water partition coefficient (Wildman–Crippen LogP) is 2.16. The molecule has 22 heavy (non-hydrogen) atoms. The smallest absolute Gasteiger partial charge is 0.250 e. The number of nitrogens with one attached hydrogen (secondary N) is 1. The highest BCUT2D eigenvalue weighted by Gasteiger charge is 2.25. The Morgan fingerprint density at radius 2 is 2.09 bits per heavy atom. The molecule has 0 aliphatic carbocycles. The van der Waals surface area contributed by atoms with Crippen molar-refractivity contribution in [3.8, 4) is 0 Å². The molecule has 0 spiro atoms. The number of hydrogen-bond acceptors (Lipinski definition) is 6. The summed E-state index contributed by atoms with van der Waals surface area (Å²) in [7, 11) is -3.43. The Balaban J connectivity index is 1.73. The van der Waals surface area contributed by atoms with Gasteiger partial charge in [-0.25, -0.2) is 13.1 Å². The molecule has 1 aliphatic heterocycles. The number of morpholine rings is 1. The second-order valence-corrected chi connectivity index (χ2v) is 8.73. The molecule has 2 aromatic rings. The van der Waals surface area contributed by atoms with E-state index in [0.717, 1.165) is 18.7 Å². The Morgan fingerprint density at radius 1 is 1.27 bits per heavy atom. The largest absolute Gasteiger partial charge is 0.379 e. The zero-order chi connectivity index (χ0) is 15.4. The van der Waals surface area contributed by atoms with Crippen molar-refractivity contribution in [3.05, 3.63) is 39.9 Å². The molecule has 0 saturated carbocycles. The molecule has 1 fully saturated rings. The molecular formula is C14H18N2O3S3. The highest BCUT2D eigenvalue weighted by Crippen LogP contribution is 2.24. The van der Waals surface area contributed by atoms with Crippen LogP contribution in [0.4, 0.5) is 0 Å². The van der Waals surface area contributed by atoms with Gasteiger partial charge in [0.1, 0.15) is 4.21 Å². The van der Waals surface area contributed by atoms with Gasteiger partial charge in [0.2, 0.25) is 10.0 Å². The minimum atomic E-state index is -3.43. The molecule has 1 saturated heterocycles. The van der Waals surface area contributed by atoms with Crippen LogP contribution in [-0.2, 0) is 14.8 Å². The molecule has 0 unspecified atom stereocenters. The van der Waals surface area contributed by atoms with E-state index in [0.29, 0.717) is 24.0 Å². The maximum Gasteiger partial charge on any atom is 0.250 e. The van der Waals surface area contributed by atoms with Crippen LogP contribution in [0.25, 0.3) is 0 Å². The topological polar surface area (TPSA) is 58.6 Å². The van der Waals surface area contributed by atoms with E-state index in [9.17, 15) is 8.42 Å². The van der Waals surface area contributed by atoms with Crippen LogP contribution in [0.3, 0.4) is 0 Å². The lowest BCUT2D eigenvalue weighted by Gasteiger charge is -2.34. The van der Waals surface area contributed by atoms with Gasteiger partial charge in [-0.05, 0) is 33.8 Å². The highest BCUT2D eigenvalue weighted by molar-refractivity contribution is 7.91. The lowest BCUT2D eigenvalue weighted by Crippen LogP contribution is -2.43. The van der Waals surface area contributed by atoms with Gasteiger partial charge in [0, 0.05) is 25.7 Å². The quantitative estimate of drug-likeness (QED) is 0.860. The Bertz CT molecular complexity index is 662. The van der Waals surface area contributed by atoms with Gasteiger partial charge in [-0.15, -0.1) is 11.3 Å². The molecule has 8 heteroatoms. The van der Waals surface area contributed by atoms with Crippen LogP contribution in [0.2, 0.25) is 0 Å². The van der Waals surface area contributed by atoms with Crippen LogP contribution in [0.15, 0.2) is 38.5 Å². The van der Waals surface area contributed by atoms with E-state index in [-0.39, 0.29) is 6.04 Å².